The van der Waals surface area contributed by atoms with Gasteiger partial charge in [0, 0.05) is 17.8 Å². The fraction of sp³-hybridized carbons (Fsp3) is 0.438. The summed E-state index contributed by atoms with van der Waals surface area (Å²) in [5.74, 6) is 0.673. The fourth-order valence-electron chi connectivity index (χ4n) is 2.38. The number of nitro groups is 1. The van der Waals surface area contributed by atoms with Crippen molar-refractivity contribution >= 4 is 5.69 Å². The van der Waals surface area contributed by atoms with Crippen LogP contribution in [0.3, 0.4) is 0 Å². The van der Waals surface area contributed by atoms with E-state index < -0.39 is 4.92 Å². The molecule has 1 heterocycles. The molecule has 0 aliphatic carbocycles. The number of aromatic amines is 1. The van der Waals surface area contributed by atoms with Crippen LogP contribution in [0.5, 0.6) is 5.75 Å². The molecule has 6 nitrogen and oxygen atoms in total. The minimum Gasteiger partial charge on any atom is -0.494 e. The SMILES string of the molecule is Cc1n[nH]c(C)c1CCCCCOc1ccc([N+](=O)[O-])cc1. The summed E-state index contributed by atoms with van der Waals surface area (Å²) in [6.07, 6.45) is 4.18. The number of H-pyrrole nitrogens is 1. The molecule has 0 spiro atoms. The Hall–Kier alpha value is -2.37. The molecule has 22 heavy (non-hydrogen) atoms. The maximum absolute atomic E-state index is 10.5. The van der Waals surface area contributed by atoms with E-state index in [2.05, 4.69) is 10.2 Å². The number of hydrogen-bond donors (Lipinski definition) is 1. The summed E-state index contributed by atoms with van der Waals surface area (Å²) in [6, 6.07) is 6.19. The van der Waals surface area contributed by atoms with Crippen molar-refractivity contribution in [2.24, 2.45) is 0 Å². The summed E-state index contributed by atoms with van der Waals surface area (Å²) in [5.41, 5.74) is 3.63. The topological polar surface area (TPSA) is 81.0 Å². The van der Waals surface area contributed by atoms with E-state index in [0.29, 0.717) is 12.4 Å². The van der Waals surface area contributed by atoms with Crippen molar-refractivity contribution in [3.63, 3.8) is 0 Å². The van der Waals surface area contributed by atoms with Gasteiger partial charge in [-0.15, -0.1) is 0 Å². The largest absolute Gasteiger partial charge is 0.494 e. The smallest absolute Gasteiger partial charge is 0.269 e. The van der Waals surface area contributed by atoms with Crippen molar-refractivity contribution in [3.05, 3.63) is 51.3 Å². The van der Waals surface area contributed by atoms with E-state index in [4.69, 9.17) is 4.74 Å². The van der Waals surface area contributed by atoms with Crippen molar-refractivity contribution in [1.29, 1.82) is 0 Å². The number of nitrogens with one attached hydrogen (secondary N) is 1. The van der Waals surface area contributed by atoms with E-state index in [1.54, 1.807) is 12.1 Å². The molecule has 0 aliphatic heterocycles. The average molecular weight is 303 g/mol. The van der Waals surface area contributed by atoms with Gasteiger partial charge in [0.15, 0.2) is 0 Å². The number of ether oxygens (including phenoxy) is 1. The van der Waals surface area contributed by atoms with Gasteiger partial charge in [0.05, 0.1) is 17.2 Å². The predicted octanol–water partition coefficient (Wildman–Crippen LogP) is 3.73. The lowest BCUT2D eigenvalue weighted by Gasteiger charge is -2.06. The lowest BCUT2D eigenvalue weighted by Crippen LogP contribution is -1.98. The quantitative estimate of drug-likeness (QED) is 0.458. The van der Waals surface area contributed by atoms with Crippen LogP contribution < -0.4 is 4.74 Å². The Labute approximate surface area is 129 Å². The summed E-state index contributed by atoms with van der Waals surface area (Å²) >= 11 is 0. The second kappa shape index (κ2) is 7.59. The van der Waals surface area contributed by atoms with Gasteiger partial charge in [0.1, 0.15) is 5.75 Å². The third-order valence-electron chi connectivity index (χ3n) is 3.67. The third kappa shape index (κ3) is 4.31. The van der Waals surface area contributed by atoms with Crippen molar-refractivity contribution in [2.45, 2.75) is 39.5 Å². The molecule has 1 N–H and O–H groups in total. The normalized spacial score (nSPS) is 10.6. The molecule has 0 saturated heterocycles. The van der Waals surface area contributed by atoms with E-state index in [1.165, 1.54) is 17.7 Å². The molecule has 1 aromatic heterocycles. The van der Waals surface area contributed by atoms with Crippen LogP contribution in [0.2, 0.25) is 0 Å². The Morgan fingerprint density at radius 3 is 2.50 bits per heavy atom. The van der Waals surface area contributed by atoms with Crippen molar-refractivity contribution < 1.29 is 9.66 Å². The van der Waals surface area contributed by atoms with E-state index >= 15 is 0 Å². The monoisotopic (exact) mass is 303 g/mol. The second-order valence-electron chi connectivity index (χ2n) is 5.32. The van der Waals surface area contributed by atoms with Crippen LogP contribution in [-0.4, -0.2) is 21.7 Å². The molecule has 0 saturated carbocycles. The summed E-state index contributed by atoms with van der Waals surface area (Å²) in [4.78, 5) is 10.1. The molecule has 118 valence electrons. The Bertz CT molecular complexity index is 601. The second-order valence-corrected chi connectivity index (χ2v) is 5.32. The summed E-state index contributed by atoms with van der Waals surface area (Å²) < 4.78 is 5.58. The van der Waals surface area contributed by atoms with Gasteiger partial charge in [-0.1, -0.05) is 0 Å². The minimum absolute atomic E-state index is 0.0817. The third-order valence-corrected chi connectivity index (χ3v) is 3.67. The zero-order valence-corrected chi connectivity index (χ0v) is 13.0. The highest BCUT2D eigenvalue weighted by atomic mass is 16.6. The Morgan fingerprint density at radius 1 is 1.18 bits per heavy atom. The number of nitrogens with zero attached hydrogens (tertiary/aromatic N) is 2. The first-order valence-corrected chi connectivity index (χ1v) is 7.45. The molecule has 0 amide bonds. The first-order valence-electron chi connectivity index (χ1n) is 7.45. The van der Waals surface area contributed by atoms with Gasteiger partial charge in [-0.25, -0.2) is 0 Å². The molecular formula is C16H21N3O3. The number of hydrogen-bond acceptors (Lipinski definition) is 4. The molecule has 2 rings (SSSR count). The molecule has 0 radical (unpaired) electrons. The average Bonchev–Trinajstić information content (AvgIpc) is 2.82. The molecule has 1 aromatic carbocycles. The Balaban J connectivity index is 1.64. The van der Waals surface area contributed by atoms with Gasteiger partial charge < -0.3 is 4.74 Å². The maximum Gasteiger partial charge on any atom is 0.269 e. The van der Waals surface area contributed by atoms with Crippen LogP contribution in [0.4, 0.5) is 5.69 Å². The fourth-order valence-corrected chi connectivity index (χ4v) is 2.38. The molecule has 0 fully saturated rings. The van der Waals surface area contributed by atoms with Gasteiger partial charge in [0.2, 0.25) is 0 Å². The zero-order valence-electron chi connectivity index (χ0n) is 13.0. The van der Waals surface area contributed by atoms with E-state index in [9.17, 15) is 10.1 Å². The van der Waals surface area contributed by atoms with Crippen LogP contribution in [0.15, 0.2) is 24.3 Å². The van der Waals surface area contributed by atoms with Crippen LogP contribution in [0.25, 0.3) is 0 Å². The van der Waals surface area contributed by atoms with E-state index in [1.807, 2.05) is 13.8 Å². The number of rotatable bonds is 8. The number of non-ortho nitro benzene ring substituents is 1. The summed E-state index contributed by atoms with van der Waals surface area (Å²) in [6.45, 7) is 4.70. The number of benzene rings is 1. The molecule has 2 aromatic rings. The minimum atomic E-state index is -0.413. The van der Waals surface area contributed by atoms with Gasteiger partial charge in [-0.05, 0) is 57.2 Å². The molecule has 0 atom stereocenters. The number of nitro benzene ring substituents is 1. The molecule has 0 aliphatic rings. The number of aromatic nitrogens is 2. The number of unbranched alkanes of at least 4 members (excludes halogenated alkanes) is 2. The maximum atomic E-state index is 10.5. The van der Waals surface area contributed by atoms with Gasteiger partial charge in [-0.3, -0.25) is 15.2 Å². The van der Waals surface area contributed by atoms with E-state index in [0.717, 1.165) is 37.1 Å². The Kier molecular flexibility index (Phi) is 5.52. The number of aryl methyl sites for hydroxylation is 2. The zero-order chi connectivity index (χ0) is 15.9. The highest BCUT2D eigenvalue weighted by molar-refractivity contribution is 5.35. The summed E-state index contributed by atoms with van der Waals surface area (Å²) in [5, 5.41) is 17.7. The first kappa shape index (κ1) is 16.0. The molecular weight excluding hydrogens is 282 g/mol. The van der Waals surface area contributed by atoms with Crippen molar-refractivity contribution in [1.82, 2.24) is 10.2 Å². The lowest BCUT2D eigenvalue weighted by atomic mass is 10.1. The van der Waals surface area contributed by atoms with Crippen LogP contribution in [0, 0.1) is 24.0 Å². The highest BCUT2D eigenvalue weighted by Crippen LogP contribution is 2.18. The van der Waals surface area contributed by atoms with Gasteiger partial charge >= 0.3 is 0 Å². The first-order chi connectivity index (χ1) is 10.6. The molecule has 0 bridgehead atoms. The molecule has 6 heteroatoms. The van der Waals surface area contributed by atoms with Gasteiger partial charge in [-0.2, -0.15) is 5.10 Å². The van der Waals surface area contributed by atoms with E-state index in [-0.39, 0.29) is 5.69 Å². The molecule has 0 unspecified atom stereocenters. The Morgan fingerprint density at radius 2 is 1.91 bits per heavy atom. The van der Waals surface area contributed by atoms with Crippen molar-refractivity contribution in [2.75, 3.05) is 6.61 Å². The van der Waals surface area contributed by atoms with Crippen molar-refractivity contribution in [3.8, 4) is 5.75 Å². The van der Waals surface area contributed by atoms with Crippen LogP contribution >= 0.6 is 0 Å². The standard InChI is InChI=1S/C16H21N3O3/c1-12-16(13(2)18-17-12)6-4-3-5-11-22-15-9-7-14(8-10-15)19(20)21/h7-10H,3-6,11H2,1-2H3,(H,17,18). The summed E-state index contributed by atoms with van der Waals surface area (Å²) in [7, 11) is 0. The lowest BCUT2D eigenvalue weighted by molar-refractivity contribution is -0.384. The highest BCUT2D eigenvalue weighted by Gasteiger charge is 2.06. The van der Waals surface area contributed by atoms with Crippen LogP contribution in [-0.2, 0) is 6.42 Å². The van der Waals surface area contributed by atoms with Crippen LogP contribution in [0.1, 0.15) is 36.2 Å². The van der Waals surface area contributed by atoms with Gasteiger partial charge in [0.25, 0.3) is 5.69 Å². The predicted molar refractivity (Wildman–Crippen MR) is 84.2 cm³/mol.